The Morgan fingerprint density at radius 1 is 1.22 bits per heavy atom. The Labute approximate surface area is 186 Å². The topological polar surface area (TPSA) is 95.6 Å². The molecule has 0 saturated carbocycles. The highest BCUT2D eigenvalue weighted by molar-refractivity contribution is 5.99. The van der Waals surface area contributed by atoms with Crippen molar-refractivity contribution >= 4 is 17.5 Å². The van der Waals surface area contributed by atoms with Gasteiger partial charge in [0, 0.05) is 31.0 Å². The Morgan fingerprint density at radius 2 is 1.97 bits per heavy atom. The monoisotopic (exact) mass is 444 g/mol. The predicted octanol–water partition coefficient (Wildman–Crippen LogP) is 1.61. The summed E-state index contributed by atoms with van der Waals surface area (Å²) in [4.78, 5) is 28.5. The van der Waals surface area contributed by atoms with Crippen molar-refractivity contribution in [1.29, 1.82) is 0 Å². The van der Waals surface area contributed by atoms with E-state index in [1.165, 1.54) is 21.3 Å². The van der Waals surface area contributed by atoms with Crippen LogP contribution in [0.5, 0.6) is 17.2 Å². The van der Waals surface area contributed by atoms with Gasteiger partial charge in [-0.25, -0.2) is 0 Å². The predicted molar refractivity (Wildman–Crippen MR) is 114 cm³/mol. The van der Waals surface area contributed by atoms with Crippen molar-refractivity contribution in [1.82, 2.24) is 4.90 Å². The zero-order valence-corrected chi connectivity index (χ0v) is 18.5. The number of nitrogens with one attached hydrogen (secondary N) is 1. The Bertz CT molecular complexity index is 933. The summed E-state index contributed by atoms with van der Waals surface area (Å²) in [5, 5.41) is 2.92. The van der Waals surface area contributed by atoms with Gasteiger partial charge in [0.15, 0.2) is 11.5 Å². The summed E-state index contributed by atoms with van der Waals surface area (Å²) in [6.45, 7) is 1.73. The van der Waals surface area contributed by atoms with E-state index in [9.17, 15) is 9.59 Å². The van der Waals surface area contributed by atoms with Crippen molar-refractivity contribution in [3.8, 4) is 17.2 Å². The fraction of sp³-hybridized carbons (Fsp3) is 0.565. The summed E-state index contributed by atoms with van der Waals surface area (Å²) in [5.74, 6) is -0.161. The lowest BCUT2D eigenvalue weighted by molar-refractivity contribution is -0.136. The first-order valence-corrected chi connectivity index (χ1v) is 10.9. The number of anilines is 1. The van der Waals surface area contributed by atoms with Crippen LogP contribution in [0.3, 0.4) is 0 Å². The second-order valence-corrected chi connectivity index (χ2v) is 8.66. The van der Waals surface area contributed by atoms with Crippen LogP contribution in [0.15, 0.2) is 24.3 Å². The number of ether oxygens (including phenoxy) is 5. The van der Waals surface area contributed by atoms with E-state index in [1.807, 2.05) is 12.2 Å². The van der Waals surface area contributed by atoms with Crippen LogP contribution in [-0.4, -0.2) is 75.5 Å². The molecule has 5 atom stereocenters. The van der Waals surface area contributed by atoms with E-state index in [2.05, 4.69) is 5.32 Å². The average Bonchev–Trinajstić information content (AvgIpc) is 3.56. The molecule has 0 unspecified atom stereocenters. The molecule has 2 amide bonds. The average molecular weight is 444 g/mol. The van der Waals surface area contributed by atoms with Gasteiger partial charge < -0.3 is 33.9 Å². The molecule has 1 spiro atoms. The molecule has 3 fully saturated rings. The number of hydrogen-bond acceptors (Lipinski definition) is 7. The van der Waals surface area contributed by atoms with Crippen molar-refractivity contribution in [3.05, 3.63) is 24.3 Å². The van der Waals surface area contributed by atoms with Crippen LogP contribution < -0.4 is 19.5 Å². The standard InChI is InChI=1S/C23H28N2O7/c1-28-16-9-13(10-17(29-2)20(16)30-3)24-21(26)18-15-6-7-23(32-15)12-25(22(27)19(18)23)11-14-5-4-8-31-14/h6-7,9-10,14-15,18-19H,4-5,8,11-12H2,1-3H3,(H,24,26)/t14-,15+,18+,19+,23-/m0/s1. The molecule has 172 valence electrons. The van der Waals surface area contributed by atoms with Gasteiger partial charge >= 0.3 is 0 Å². The molecule has 32 heavy (non-hydrogen) atoms. The molecule has 1 aromatic carbocycles. The number of benzene rings is 1. The third-order valence-electron chi connectivity index (χ3n) is 6.86. The highest BCUT2D eigenvalue weighted by Crippen LogP contribution is 2.52. The number of carbonyl (C=O) groups is 2. The smallest absolute Gasteiger partial charge is 0.231 e. The zero-order chi connectivity index (χ0) is 22.5. The Kier molecular flexibility index (Phi) is 5.25. The van der Waals surface area contributed by atoms with Gasteiger partial charge in [-0.3, -0.25) is 9.59 Å². The van der Waals surface area contributed by atoms with Gasteiger partial charge in [-0.15, -0.1) is 0 Å². The lowest BCUT2D eigenvalue weighted by atomic mass is 9.77. The van der Waals surface area contributed by atoms with E-state index in [4.69, 9.17) is 23.7 Å². The molecular formula is C23H28N2O7. The summed E-state index contributed by atoms with van der Waals surface area (Å²) in [6, 6.07) is 3.33. The molecule has 1 N–H and O–H groups in total. The third-order valence-corrected chi connectivity index (χ3v) is 6.86. The first-order chi connectivity index (χ1) is 15.5. The van der Waals surface area contributed by atoms with Crippen molar-refractivity contribution < 1.29 is 33.3 Å². The van der Waals surface area contributed by atoms with E-state index in [0.717, 1.165) is 19.4 Å². The molecule has 0 aliphatic carbocycles. The van der Waals surface area contributed by atoms with E-state index in [-0.39, 0.29) is 17.9 Å². The Hall–Kier alpha value is -2.78. The maximum absolute atomic E-state index is 13.4. The van der Waals surface area contributed by atoms with Crippen molar-refractivity contribution in [2.24, 2.45) is 11.8 Å². The summed E-state index contributed by atoms with van der Waals surface area (Å²) in [7, 11) is 4.55. The van der Waals surface area contributed by atoms with E-state index < -0.39 is 23.5 Å². The fourth-order valence-electron chi connectivity index (χ4n) is 5.45. The van der Waals surface area contributed by atoms with Gasteiger partial charge in [-0.2, -0.15) is 0 Å². The zero-order valence-electron chi connectivity index (χ0n) is 18.5. The molecule has 0 aromatic heterocycles. The quantitative estimate of drug-likeness (QED) is 0.639. The third kappa shape index (κ3) is 3.22. The molecule has 4 aliphatic heterocycles. The van der Waals surface area contributed by atoms with Crippen molar-refractivity contribution in [2.75, 3.05) is 46.3 Å². The van der Waals surface area contributed by atoms with Crippen LogP contribution in [0.4, 0.5) is 5.69 Å². The van der Waals surface area contributed by atoms with Crippen LogP contribution in [0.2, 0.25) is 0 Å². The highest BCUT2D eigenvalue weighted by atomic mass is 16.5. The van der Waals surface area contributed by atoms with E-state index >= 15 is 0 Å². The number of hydrogen-bond donors (Lipinski definition) is 1. The highest BCUT2D eigenvalue weighted by Gasteiger charge is 2.66. The fourth-order valence-corrected chi connectivity index (χ4v) is 5.45. The number of rotatable bonds is 7. The molecule has 2 bridgehead atoms. The van der Waals surface area contributed by atoms with E-state index in [1.54, 1.807) is 17.0 Å². The van der Waals surface area contributed by atoms with Gasteiger partial charge in [0.1, 0.15) is 5.60 Å². The number of nitrogens with zero attached hydrogens (tertiary/aromatic N) is 1. The molecule has 5 rings (SSSR count). The minimum absolute atomic E-state index is 0.0441. The number of likely N-dealkylation sites (tertiary alicyclic amines) is 1. The SMILES string of the molecule is COc1cc(NC(=O)[C@@H]2[C@H]3C=C[C@@]4(CN(C[C@@H]5CCCO5)C(=O)[C@@H]24)O3)cc(OC)c1OC. The Morgan fingerprint density at radius 3 is 2.59 bits per heavy atom. The first kappa shape index (κ1) is 21.1. The second-order valence-electron chi connectivity index (χ2n) is 8.66. The number of amides is 2. The van der Waals surface area contributed by atoms with Gasteiger partial charge in [0.2, 0.25) is 17.6 Å². The lowest BCUT2D eigenvalue weighted by Gasteiger charge is -2.24. The number of methoxy groups -OCH3 is 3. The molecule has 4 aliphatic rings. The number of fused-ring (bicyclic) bond motifs is 1. The van der Waals surface area contributed by atoms with Gasteiger partial charge in [-0.1, -0.05) is 12.2 Å². The molecule has 4 heterocycles. The number of carbonyl (C=O) groups excluding carboxylic acids is 2. The molecule has 1 aromatic rings. The first-order valence-electron chi connectivity index (χ1n) is 10.9. The summed E-state index contributed by atoms with van der Waals surface area (Å²) >= 11 is 0. The molecule has 9 nitrogen and oxygen atoms in total. The van der Waals surface area contributed by atoms with Crippen molar-refractivity contribution in [3.63, 3.8) is 0 Å². The van der Waals surface area contributed by atoms with Crippen molar-refractivity contribution in [2.45, 2.75) is 30.7 Å². The summed E-state index contributed by atoms with van der Waals surface area (Å²) < 4.78 is 28.0. The van der Waals surface area contributed by atoms with Crippen LogP contribution in [0.1, 0.15) is 12.8 Å². The maximum atomic E-state index is 13.4. The normalized spacial score (nSPS) is 32.3. The molecule has 0 radical (unpaired) electrons. The molecule has 9 heteroatoms. The van der Waals surface area contributed by atoms with Crippen LogP contribution in [0, 0.1) is 11.8 Å². The van der Waals surface area contributed by atoms with Gasteiger partial charge in [0.25, 0.3) is 0 Å². The second kappa shape index (κ2) is 7.97. The Balaban J connectivity index is 1.37. The minimum Gasteiger partial charge on any atom is -0.493 e. The molecular weight excluding hydrogens is 416 g/mol. The van der Waals surface area contributed by atoms with Gasteiger partial charge in [-0.05, 0) is 12.8 Å². The van der Waals surface area contributed by atoms with E-state index in [0.29, 0.717) is 36.0 Å². The van der Waals surface area contributed by atoms with Gasteiger partial charge in [0.05, 0.1) is 51.9 Å². The van der Waals surface area contributed by atoms with Crippen LogP contribution in [-0.2, 0) is 19.1 Å². The maximum Gasteiger partial charge on any atom is 0.231 e. The summed E-state index contributed by atoms with van der Waals surface area (Å²) in [5.41, 5.74) is -0.246. The summed E-state index contributed by atoms with van der Waals surface area (Å²) in [6.07, 6.45) is 5.46. The largest absolute Gasteiger partial charge is 0.493 e. The van der Waals surface area contributed by atoms with Crippen LogP contribution >= 0.6 is 0 Å². The molecule has 3 saturated heterocycles. The lowest BCUT2D eigenvalue weighted by Crippen LogP contribution is -2.42. The van der Waals surface area contributed by atoms with Crippen LogP contribution in [0.25, 0.3) is 0 Å². The minimum atomic E-state index is -0.738.